The number of anilines is 3. The van der Waals surface area contributed by atoms with Crippen molar-refractivity contribution < 1.29 is 46.8 Å². The second-order valence-corrected chi connectivity index (χ2v) is 13.1. The number of nitrogens with zero attached hydrogens (tertiary/aromatic N) is 3. The third-order valence-electron chi connectivity index (χ3n) is 7.04. The highest BCUT2D eigenvalue weighted by Gasteiger charge is 2.33. The third-order valence-corrected chi connectivity index (χ3v) is 7.04. The van der Waals surface area contributed by atoms with Gasteiger partial charge in [-0.3, -0.25) is 15.5 Å². The molecule has 4 heterocycles. The van der Waals surface area contributed by atoms with Crippen molar-refractivity contribution in [3.05, 3.63) is 35.9 Å². The van der Waals surface area contributed by atoms with E-state index in [9.17, 15) is 18.8 Å². The number of amides is 3. The highest BCUT2D eigenvalue weighted by atomic mass is 19.1. The van der Waals surface area contributed by atoms with Gasteiger partial charge in [0, 0.05) is 28.9 Å². The van der Waals surface area contributed by atoms with Crippen molar-refractivity contribution in [1.82, 2.24) is 9.97 Å². The lowest BCUT2D eigenvalue weighted by Crippen LogP contribution is -2.42. The first-order valence-corrected chi connectivity index (χ1v) is 15.0. The molecule has 15 heteroatoms. The predicted molar refractivity (Wildman–Crippen MR) is 168 cm³/mol. The van der Waals surface area contributed by atoms with Crippen LogP contribution in [0.1, 0.15) is 47.1 Å². The fourth-order valence-electron chi connectivity index (χ4n) is 5.06. The number of carbonyl (C=O) groups is 3. The van der Waals surface area contributed by atoms with Crippen molar-refractivity contribution in [1.29, 1.82) is 0 Å². The van der Waals surface area contributed by atoms with Gasteiger partial charge in [0.2, 0.25) is 5.88 Å². The molecule has 13 nitrogen and oxygen atoms in total. The van der Waals surface area contributed by atoms with Gasteiger partial charge in [-0.25, -0.2) is 33.1 Å². The molecule has 0 aliphatic carbocycles. The van der Waals surface area contributed by atoms with Crippen LogP contribution in [0.2, 0.25) is 0 Å². The summed E-state index contributed by atoms with van der Waals surface area (Å²) in [5.41, 5.74) is -0.829. The maximum Gasteiger partial charge on any atom is 0.415 e. The zero-order valence-electron chi connectivity index (χ0n) is 27.2. The summed E-state index contributed by atoms with van der Waals surface area (Å²) in [6, 6.07) is 2.93. The van der Waals surface area contributed by atoms with Crippen molar-refractivity contribution in [2.24, 2.45) is 0 Å². The molecule has 3 aromatic rings. The molecule has 3 amide bonds. The quantitative estimate of drug-likeness (QED) is 0.297. The van der Waals surface area contributed by atoms with Gasteiger partial charge in [-0.2, -0.15) is 0 Å². The molecule has 2 aromatic heterocycles. The summed E-state index contributed by atoms with van der Waals surface area (Å²) in [6.45, 7) is 12.0. The average Bonchev–Trinajstić information content (AvgIpc) is 3.36. The van der Waals surface area contributed by atoms with Crippen LogP contribution in [-0.2, 0) is 18.9 Å². The van der Waals surface area contributed by atoms with Crippen LogP contribution >= 0.6 is 0 Å². The molecular formula is C32H37F2N5O8. The lowest BCUT2D eigenvalue weighted by Gasteiger charge is -2.32. The minimum atomic E-state index is -1.46. The molecule has 1 saturated heterocycles. The Bertz CT molecular complexity index is 1720. The van der Waals surface area contributed by atoms with Crippen LogP contribution in [0.15, 0.2) is 24.5 Å². The molecule has 0 radical (unpaired) electrons. The van der Waals surface area contributed by atoms with E-state index in [0.29, 0.717) is 16.6 Å². The van der Waals surface area contributed by atoms with Crippen molar-refractivity contribution in [2.75, 3.05) is 41.9 Å². The summed E-state index contributed by atoms with van der Waals surface area (Å²) in [4.78, 5) is 48.5. The Balaban J connectivity index is 1.59. The molecule has 47 heavy (non-hydrogen) atoms. The Morgan fingerprint density at radius 3 is 2.34 bits per heavy atom. The molecule has 0 bridgehead atoms. The molecule has 1 aromatic carbocycles. The number of halogens is 2. The van der Waals surface area contributed by atoms with Crippen LogP contribution in [0.3, 0.4) is 0 Å². The number of aromatic nitrogens is 2. The normalized spacial score (nSPS) is 17.9. The summed E-state index contributed by atoms with van der Waals surface area (Å²) < 4.78 is 57.2. The van der Waals surface area contributed by atoms with Gasteiger partial charge in [0.25, 0.3) is 0 Å². The zero-order valence-corrected chi connectivity index (χ0v) is 27.2. The van der Waals surface area contributed by atoms with Crippen LogP contribution in [0, 0.1) is 12.7 Å². The van der Waals surface area contributed by atoms with E-state index in [1.165, 1.54) is 29.4 Å². The number of ether oxygens (including phenoxy) is 5. The van der Waals surface area contributed by atoms with E-state index in [1.54, 1.807) is 48.5 Å². The fourth-order valence-corrected chi connectivity index (χ4v) is 5.06. The van der Waals surface area contributed by atoms with Crippen LogP contribution < -0.4 is 20.3 Å². The van der Waals surface area contributed by atoms with Gasteiger partial charge in [-0.05, 0) is 71.5 Å². The Morgan fingerprint density at radius 2 is 1.68 bits per heavy atom. The lowest BCUT2D eigenvalue weighted by molar-refractivity contribution is 0.0564. The SMILES string of the molecule is Cc1c(-c2cc3cc(NC(=O)O[C@H]4COC[C@H]4F)ncc3c(NC(=O)OC(C)(C)C)c2F)cnc2c1N(C(=O)OC(C)(C)C)CCO2. The predicted octanol–water partition coefficient (Wildman–Crippen LogP) is 6.51. The van der Waals surface area contributed by atoms with Crippen molar-refractivity contribution in [2.45, 2.75) is 71.9 Å². The van der Waals surface area contributed by atoms with Gasteiger partial charge in [-0.15, -0.1) is 0 Å². The Labute approximate surface area is 269 Å². The molecule has 2 aliphatic heterocycles. The molecule has 2 atom stereocenters. The molecule has 1 fully saturated rings. The van der Waals surface area contributed by atoms with E-state index in [0.717, 1.165) is 0 Å². The Hall–Kier alpha value is -4.79. The molecule has 0 saturated carbocycles. The first-order chi connectivity index (χ1) is 22.0. The van der Waals surface area contributed by atoms with E-state index < -0.39 is 47.6 Å². The van der Waals surface area contributed by atoms with Gasteiger partial charge >= 0.3 is 18.3 Å². The maximum atomic E-state index is 16.5. The van der Waals surface area contributed by atoms with Gasteiger partial charge in [0.1, 0.15) is 29.3 Å². The number of hydrogen-bond donors (Lipinski definition) is 2. The number of alkyl halides is 1. The van der Waals surface area contributed by atoms with Gasteiger partial charge in [0.05, 0.1) is 25.4 Å². The molecule has 2 N–H and O–H groups in total. The summed E-state index contributed by atoms with van der Waals surface area (Å²) in [5, 5.41) is 5.48. The van der Waals surface area contributed by atoms with Crippen molar-refractivity contribution in [3.8, 4) is 17.0 Å². The average molecular weight is 658 g/mol. The van der Waals surface area contributed by atoms with Gasteiger partial charge < -0.3 is 23.7 Å². The summed E-state index contributed by atoms with van der Waals surface area (Å²) in [5.74, 6) is -0.637. The zero-order chi connectivity index (χ0) is 34.3. The highest BCUT2D eigenvalue weighted by Crippen LogP contribution is 2.42. The van der Waals surface area contributed by atoms with E-state index in [1.807, 2.05) is 0 Å². The highest BCUT2D eigenvalue weighted by molar-refractivity contribution is 6.05. The number of hydrogen-bond acceptors (Lipinski definition) is 10. The minimum absolute atomic E-state index is 0.00849. The Morgan fingerprint density at radius 1 is 0.957 bits per heavy atom. The monoisotopic (exact) mass is 657 g/mol. The van der Waals surface area contributed by atoms with Crippen LogP contribution in [-0.4, -0.2) is 78.1 Å². The van der Waals surface area contributed by atoms with Crippen molar-refractivity contribution >= 4 is 46.2 Å². The molecule has 0 unspecified atom stereocenters. The summed E-state index contributed by atoms with van der Waals surface area (Å²) in [7, 11) is 0. The van der Waals surface area contributed by atoms with Gasteiger partial charge in [0.15, 0.2) is 18.1 Å². The molecule has 2 aliphatic rings. The van der Waals surface area contributed by atoms with Crippen LogP contribution in [0.4, 0.5) is 40.4 Å². The number of pyridine rings is 2. The number of nitrogens with one attached hydrogen (secondary N) is 2. The Kier molecular flexibility index (Phi) is 9.13. The van der Waals surface area contributed by atoms with Crippen molar-refractivity contribution in [3.63, 3.8) is 0 Å². The van der Waals surface area contributed by atoms with E-state index in [4.69, 9.17) is 23.7 Å². The topological polar surface area (TPSA) is 150 Å². The smallest absolute Gasteiger partial charge is 0.415 e. The number of rotatable bonds is 4. The van der Waals surface area contributed by atoms with E-state index in [-0.39, 0.29) is 60.3 Å². The first kappa shape index (κ1) is 33.6. The van der Waals surface area contributed by atoms with Crippen LogP contribution in [0.25, 0.3) is 21.9 Å². The van der Waals surface area contributed by atoms with E-state index >= 15 is 4.39 Å². The summed E-state index contributed by atoms with van der Waals surface area (Å²) >= 11 is 0. The molecule has 252 valence electrons. The van der Waals surface area contributed by atoms with E-state index in [2.05, 4.69) is 20.6 Å². The molecular weight excluding hydrogens is 620 g/mol. The lowest BCUT2D eigenvalue weighted by atomic mass is 9.96. The van der Waals surface area contributed by atoms with Gasteiger partial charge in [-0.1, -0.05) is 0 Å². The number of benzene rings is 1. The maximum absolute atomic E-state index is 16.5. The first-order valence-electron chi connectivity index (χ1n) is 15.0. The fraction of sp³-hybridized carbons (Fsp3) is 0.469. The standard InChI is InChI=1S/C32H37F2N5O8/c1-16-19(12-36-27-26(16)39(8-9-44-27)30(42)47-32(5,6)7)18-10-17-11-23(37-28(40)45-22-15-43-14-21(22)33)35-13-20(17)25(24(18)34)38-29(41)46-31(2,3)4/h10-13,21-22H,8-9,14-15H2,1-7H3,(H,38,41)(H,35,37,40)/t21-,22+/m1/s1. The second kappa shape index (κ2) is 12.8. The largest absolute Gasteiger partial charge is 0.474 e. The number of fused-ring (bicyclic) bond motifs is 2. The van der Waals surface area contributed by atoms with Crippen LogP contribution in [0.5, 0.6) is 5.88 Å². The minimum Gasteiger partial charge on any atom is -0.474 e. The number of carbonyl (C=O) groups excluding carboxylic acids is 3. The second-order valence-electron chi connectivity index (χ2n) is 13.1. The third kappa shape index (κ3) is 7.62. The molecule has 0 spiro atoms. The summed E-state index contributed by atoms with van der Waals surface area (Å²) in [6.07, 6.45) is -2.34. The molecule has 5 rings (SSSR count).